The van der Waals surface area contributed by atoms with Crippen LogP contribution in [-0.2, 0) is 9.47 Å². The monoisotopic (exact) mass is 290 g/mol. The Bertz CT molecular complexity index is 486. The highest BCUT2D eigenvalue weighted by molar-refractivity contribution is 5.92. The third-order valence-corrected chi connectivity index (χ3v) is 4.31. The van der Waals surface area contributed by atoms with E-state index < -0.39 is 0 Å². The molecule has 1 aromatic heterocycles. The van der Waals surface area contributed by atoms with Crippen LogP contribution >= 0.6 is 0 Å². The normalized spacial score (nSPS) is 28.4. The minimum atomic E-state index is 0.0750. The molecule has 0 aromatic carbocycles. The maximum atomic E-state index is 12.6. The van der Waals surface area contributed by atoms with Crippen molar-refractivity contribution >= 4 is 5.91 Å². The summed E-state index contributed by atoms with van der Waals surface area (Å²) in [5.74, 6) is 0.531. The number of morpholine rings is 1. The predicted octanol–water partition coefficient (Wildman–Crippen LogP) is 1.84. The van der Waals surface area contributed by atoms with E-state index in [9.17, 15) is 4.79 Å². The van der Waals surface area contributed by atoms with Crippen LogP contribution in [0.5, 0.6) is 0 Å². The zero-order valence-corrected chi connectivity index (χ0v) is 12.2. The number of hydrogen-bond acceptors (Lipinski definition) is 3. The Balaban J connectivity index is 1.64. The molecule has 1 aliphatic carbocycles. The summed E-state index contributed by atoms with van der Waals surface area (Å²) in [6, 6.07) is 3.85. The Kier molecular flexibility index (Phi) is 4.41. The molecule has 5 heteroatoms. The second-order valence-corrected chi connectivity index (χ2v) is 5.72. The quantitative estimate of drug-likeness (QED) is 0.665. The first kappa shape index (κ1) is 14.4. The van der Waals surface area contributed by atoms with Crippen LogP contribution in [0.4, 0.5) is 0 Å². The third kappa shape index (κ3) is 3.04. The van der Waals surface area contributed by atoms with Crippen molar-refractivity contribution in [3.8, 4) is 0 Å². The van der Waals surface area contributed by atoms with Crippen molar-refractivity contribution in [3.05, 3.63) is 36.7 Å². The van der Waals surface area contributed by atoms with Crippen LogP contribution in [0.1, 0.15) is 23.3 Å². The van der Waals surface area contributed by atoms with E-state index in [1.165, 1.54) is 0 Å². The first-order chi connectivity index (χ1) is 10.3. The summed E-state index contributed by atoms with van der Waals surface area (Å²) < 4.78 is 11.4. The van der Waals surface area contributed by atoms with Crippen LogP contribution in [-0.4, -0.2) is 54.3 Å². The lowest BCUT2D eigenvalue weighted by molar-refractivity contribution is -0.0451. The number of nitrogens with zero attached hydrogens (tertiary/aromatic N) is 1. The fourth-order valence-corrected chi connectivity index (χ4v) is 3.37. The average Bonchev–Trinajstić information content (AvgIpc) is 3.15. The topological polar surface area (TPSA) is 54.6 Å². The van der Waals surface area contributed by atoms with E-state index in [1.807, 2.05) is 17.0 Å². The number of hydrogen-bond donors (Lipinski definition) is 1. The van der Waals surface area contributed by atoms with E-state index in [4.69, 9.17) is 9.47 Å². The molecule has 1 aliphatic heterocycles. The fourth-order valence-electron chi connectivity index (χ4n) is 3.37. The minimum Gasteiger partial charge on any atom is -0.377 e. The summed E-state index contributed by atoms with van der Waals surface area (Å²) in [6.45, 7) is 6.24. The molecule has 2 fully saturated rings. The number of aromatic amines is 1. The van der Waals surface area contributed by atoms with E-state index in [0.29, 0.717) is 38.0 Å². The van der Waals surface area contributed by atoms with Crippen molar-refractivity contribution in [1.82, 2.24) is 9.88 Å². The summed E-state index contributed by atoms with van der Waals surface area (Å²) in [7, 11) is 0. The number of fused-ring (bicyclic) bond motifs is 1. The summed E-state index contributed by atoms with van der Waals surface area (Å²) in [5, 5.41) is 0. The summed E-state index contributed by atoms with van der Waals surface area (Å²) in [6.07, 6.45) is 5.62. The number of carbonyl (C=O) groups is 1. The van der Waals surface area contributed by atoms with Gasteiger partial charge in [0, 0.05) is 19.3 Å². The van der Waals surface area contributed by atoms with Crippen LogP contribution < -0.4 is 0 Å². The van der Waals surface area contributed by atoms with E-state index in [0.717, 1.165) is 12.8 Å². The number of aromatic nitrogens is 1. The molecular weight excluding hydrogens is 268 g/mol. The zero-order chi connectivity index (χ0) is 14.7. The lowest BCUT2D eigenvalue weighted by Crippen LogP contribution is -2.51. The van der Waals surface area contributed by atoms with Gasteiger partial charge in [-0.1, -0.05) is 6.08 Å². The van der Waals surface area contributed by atoms with Crippen LogP contribution in [0.25, 0.3) is 0 Å². The third-order valence-electron chi connectivity index (χ3n) is 4.31. The highest BCUT2D eigenvalue weighted by atomic mass is 16.5. The van der Waals surface area contributed by atoms with Gasteiger partial charge in [0.1, 0.15) is 5.69 Å². The molecule has 0 bridgehead atoms. The molecule has 3 rings (SSSR count). The Labute approximate surface area is 124 Å². The number of nitrogens with one attached hydrogen (secondary N) is 1. The highest BCUT2D eigenvalue weighted by Gasteiger charge is 2.43. The number of H-pyrrole nitrogens is 1. The molecule has 1 saturated carbocycles. The molecule has 1 amide bonds. The maximum Gasteiger partial charge on any atom is 0.270 e. The van der Waals surface area contributed by atoms with Gasteiger partial charge in [0.25, 0.3) is 5.91 Å². The van der Waals surface area contributed by atoms with Gasteiger partial charge in [0.05, 0.1) is 25.4 Å². The van der Waals surface area contributed by atoms with Gasteiger partial charge in [-0.15, -0.1) is 6.58 Å². The second kappa shape index (κ2) is 6.45. The fraction of sp³-hybridized carbons (Fsp3) is 0.562. The van der Waals surface area contributed by atoms with Gasteiger partial charge in [-0.05, 0) is 30.9 Å². The van der Waals surface area contributed by atoms with Gasteiger partial charge in [-0.2, -0.15) is 0 Å². The summed E-state index contributed by atoms with van der Waals surface area (Å²) >= 11 is 0. The molecule has 1 N–H and O–H groups in total. The van der Waals surface area contributed by atoms with Crippen LogP contribution in [0.15, 0.2) is 31.0 Å². The summed E-state index contributed by atoms with van der Waals surface area (Å²) in [5.41, 5.74) is 0.655. The molecule has 0 radical (unpaired) electrons. The van der Waals surface area contributed by atoms with Crippen molar-refractivity contribution in [2.45, 2.75) is 25.0 Å². The SMILES string of the molecule is C=CCOC[C@H]1C[C@@H]2OCCN(C(=O)c3ccc[nH]3)[C@H]2C1. The molecule has 21 heavy (non-hydrogen) atoms. The van der Waals surface area contributed by atoms with E-state index in [1.54, 1.807) is 12.3 Å². The Morgan fingerprint density at radius 1 is 1.57 bits per heavy atom. The molecule has 0 spiro atoms. The maximum absolute atomic E-state index is 12.6. The van der Waals surface area contributed by atoms with Crippen LogP contribution in [0.3, 0.4) is 0 Å². The molecule has 5 nitrogen and oxygen atoms in total. The van der Waals surface area contributed by atoms with Crippen LogP contribution in [0.2, 0.25) is 0 Å². The molecule has 2 heterocycles. The number of ether oxygens (including phenoxy) is 2. The van der Waals surface area contributed by atoms with E-state index in [2.05, 4.69) is 11.6 Å². The average molecular weight is 290 g/mol. The zero-order valence-electron chi connectivity index (χ0n) is 12.2. The van der Waals surface area contributed by atoms with Gasteiger partial charge < -0.3 is 19.4 Å². The second-order valence-electron chi connectivity index (χ2n) is 5.72. The van der Waals surface area contributed by atoms with Gasteiger partial charge >= 0.3 is 0 Å². The lowest BCUT2D eigenvalue weighted by Gasteiger charge is -2.37. The van der Waals surface area contributed by atoms with Crippen molar-refractivity contribution in [3.63, 3.8) is 0 Å². The predicted molar refractivity (Wildman–Crippen MR) is 79.1 cm³/mol. The van der Waals surface area contributed by atoms with Crippen molar-refractivity contribution in [1.29, 1.82) is 0 Å². The minimum absolute atomic E-state index is 0.0750. The smallest absolute Gasteiger partial charge is 0.270 e. The Morgan fingerprint density at radius 2 is 2.48 bits per heavy atom. The molecule has 0 unspecified atom stereocenters. The van der Waals surface area contributed by atoms with Crippen LogP contribution in [0, 0.1) is 5.92 Å². The van der Waals surface area contributed by atoms with Crippen molar-refractivity contribution in [2.75, 3.05) is 26.4 Å². The number of carbonyl (C=O) groups excluding carboxylic acids is 1. The van der Waals surface area contributed by atoms with Gasteiger partial charge in [0.2, 0.25) is 0 Å². The molecule has 114 valence electrons. The van der Waals surface area contributed by atoms with E-state index in [-0.39, 0.29) is 18.1 Å². The highest BCUT2D eigenvalue weighted by Crippen LogP contribution is 2.35. The van der Waals surface area contributed by atoms with E-state index >= 15 is 0 Å². The number of amides is 1. The Hall–Kier alpha value is -1.59. The van der Waals surface area contributed by atoms with Crippen molar-refractivity contribution < 1.29 is 14.3 Å². The molecule has 3 atom stereocenters. The van der Waals surface area contributed by atoms with Gasteiger partial charge in [-0.3, -0.25) is 4.79 Å². The lowest BCUT2D eigenvalue weighted by atomic mass is 10.1. The molecular formula is C16H22N2O3. The molecule has 1 saturated heterocycles. The first-order valence-electron chi connectivity index (χ1n) is 7.54. The molecule has 2 aliphatic rings. The van der Waals surface area contributed by atoms with Crippen molar-refractivity contribution in [2.24, 2.45) is 5.92 Å². The largest absolute Gasteiger partial charge is 0.377 e. The summed E-state index contributed by atoms with van der Waals surface area (Å²) in [4.78, 5) is 17.5. The standard InChI is InChI=1S/C16H22N2O3/c1-2-7-20-11-12-9-14-15(10-12)21-8-6-18(14)16(19)13-4-3-5-17-13/h2-5,12,14-15,17H,1,6-11H2/t12-,14+,15+/m1/s1. The molecule has 1 aromatic rings. The Morgan fingerprint density at radius 3 is 3.24 bits per heavy atom. The first-order valence-corrected chi connectivity index (χ1v) is 7.54. The van der Waals surface area contributed by atoms with Gasteiger partial charge in [-0.25, -0.2) is 0 Å². The number of rotatable bonds is 5. The van der Waals surface area contributed by atoms with Gasteiger partial charge in [0.15, 0.2) is 0 Å².